The van der Waals surface area contributed by atoms with Crippen LogP contribution < -0.4 is 17.0 Å². The van der Waals surface area contributed by atoms with Crippen LogP contribution in [0.5, 0.6) is 0 Å². The second-order valence-corrected chi connectivity index (χ2v) is 5.68. The number of nitrogens with zero attached hydrogens (tertiary/aromatic N) is 1. The minimum Gasteiger partial charge on any atom is -0.389 e. The lowest BCUT2D eigenvalue weighted by Gasteiger charge is -2.17. The lowest BCUT2D eigenvalue weighted by Crippen LogP contribution is -2.42. The molecule has 4 atom stereocenters. The smallest absolute Gasteiger partial charge is 0.389 e. The van der Waals surface area contributed by atoms with Crippen molar-refractivity contribution in [1.82, 2.24) is 9.55 Å². The van der Waals surface area contributed by atoms with Crippen LogP contribution in [-0.4, -0.2) is 49.3 Å². The summed E-state index contributed by atoms with van der Waals surface area (Å²) in [5.74, 6) is 0. The van der Waals surface area contributed by atoms with Crippen molar-refractivity contribution in [1.29, 1.82) is 0 Å². The monoisotopic (exact) mass is 323 g/mol. The van der Waals surface area contributed by atoms with Crippen molar-refractivity contribution < 1.29 is 28.7 Å². The molecule has 1 aliphatic heterocycles. The van der Waals surface area contributed by atoms with Crippen LogP contribution >= 0.6 is 7.82 Å². The molecule has 12 heteroatoms. The number of aliphatic hydroxyl groups is 1. The van der Waals surface area contributed by atoms with E-state index in [9.17, 15) is 19.3 Å². The summed E-state index contributed by atoms with van der Waals surface area (Å²) >= 11 is 0. The fraction of sp³-hybridized carbons (Fsp3) is 0.556. The highest BCUT2D eigenvalue weighted by Gasteiger charge is 2.43. The van der Waals surface area contributed by atoms with Gasteiger partial charge in [-0.1, -0.05) is 0 Å². The highest BCUT2D eigenvalue weighted by Crippen LogP contribution is 2.37. The summed E-state index contributed by atoms with van der Waals surface area (Å²) in [5, 5.41) is 9.86. The molecule has 0 aliphatic carbocycles. The largest absolute Gasteiger partial charge is 0.469 e. The maximum absolute atomic E-state index is 11.6. The average Bonchev–Trinajstić information content (AvgIpc) is 2.64. The van der Waals surface area contributed by atoms with Crippen molar-refractivity contribution in [3.63, 3.8) is 0 Å². The first-order chi connectivity index (χ1) is 9.69. The minimum absolute atomic E-state index is 0.603. The van der Waals surface area contributed by atoms with Gasteiger partial charge in [0.05, 0.1) is 12.6 Å². The Labute approximate surface area is 117 Å². The van der Waals surface area contributed by atoms with Gasteiger partial charge in [-0.05, 0) is 0 Å². The number of aromatic amines is 1. The fourth-order valence-electron chi connectivity index (χ4n) is 1.95. The van der Waals surface area contributed by atoms with E-state index in [0.717, 1.165) is 16.8 Å². The minimum atomic E-state index is -4.72. The van der Waals surface area contributed by atoms with Gasteiger partial charge in [0.1, 0.15) is 12.2 Å². The molecule has 6 N–H and O–H groups in total. The van der Waals surface area contributed by atoms with E-state index in [-0.39, 0.29) is 0 Å². The van der Waals surface area contributed by atoms with Crippen molar-refractivity contribution in [3.05, 3.63) is 33.1 Å². The van der Waals surface area contributed by atoms with Crippen molar-refractivity contribution in [2.45, 2.75) is 24.5 Å². The van der Waals surface area contributed by atoms with Crippen LogP contribution in [0.25, 0.3) is 0 Å². The molecule has 1 aromatic heterocycles. The van der Waals surface area contributed by atoms with Crippen molar-refractivity contribution >= 4 is 7.82 Å². The zero-order valence-corrected chi connectivity index (χ0v) is 11.4. The van der Waals surface area contributed by atoms with Crippen LogP contribution in [-0.2, 0) is 13.8 Å². The molecule has 0 bridgehead atoms. The van der Waals surface area contributed by atoms with Crippen LogP contribution in [0.3, 0.4) is 0 Å². The summed E-state index contributed by atoms with van der Waals surface area (Å²) in [5.41, 5.74) is 4.32. The van der Waals surface area contributed by atoms with E-state index in [4.69, 9.17) is 20.3 Å². The van der Waals surface area contributed by atoms with E-state index in [1.165, 1.54) is 0 Å². The van der Waals surface area contributed by atoms with Gasteiger partial charge in [0.25, 0.3) is 5.56 Å². The maximum Gasteiger partial charge on any atom is 0.469 e. The van der Waals surface area contributed by atoms with E-state index >= 15 is 0 Å². The molecule has 118 valence electrons. The lowest BCUT2D eigenvalue weighted by atomic mass is 10.1. The van der Waals surface area contributed by atoms with Crippen LogP contribution in [0.2, 0.25) is 0 Å². The number of hydrogen-bond acceptors (Lipinski definition) is 7. The van der Waals surface area contributed by atoms with E-state index in [2.05, 4.69) is 4.52 Å². The Kier molecular flexibility index (Phi) is 4.44. The predicted molar refractivity (Wildman–Crippen MR) is 67.2 cm³/mol. The Morgan fingerprint density at radius 3 is 2.71 bits per heavy atom. The summed E-state index contributed by atoms with van der Waals surface area (Å²) in [6.07, 6.45) is -2.39. The summed E-state index contributed by atoms with van der Waals surface area (Å²) < 4.78 is 21.1. The van der Waals surface area contributed by atoms with Gasteiger partial charge >= 0.3 is 13.5 Å². The topological polar surface area (TPSA) is 177 Å². The molecule has 21 heavy (non-hydrogen) atoms. The molecule has 2 rings (SSSR count). The molecule has 1 saturated heterocycles. The third kappa shape index (κ3) is 3.66. The molecule has 0 aromatic carbocycles. The number of rotatable bonds is 4. The first kappa shape index (κ1) is 16.0. The molecular formula is C9H14N3O8P. The standard InChI is InChI=1S/C9H14N3O8P/c10-6-7(14)4(3-19-21(16,17)18)20-8(6)12-2-1-5(13)11-9(12)15/h1-2,4,6-8,14H,3,10H2,(H,11,13,15)(H2,16,17,18)/t4-,6?,7-,8-/m1/s1. The molecule has 0 saturated carbocycles. The number of phosphoric ester groups is 1. The quantitative estimate of drug-likeness (QED) is 0.367. The van der Waals surface area contributed by atoms with Crippen LogP contribution in [0, 0.1) is 0 Å². The second-order valence-electron chi connectivity index (χ2n) is 4.44. The van der Waals surface area contributed by atoms with Gasteiger partial charge in [-0.25, -0.2) is 9.36 Å². The van der Waals surface area contributed by atoms with E-state index < -0.39 is 50.2 Å². The van der Waals surface area contributed by atoms with Gasteiger partial charge in [-0.3, -0.25) is 18.9 Å². The predicted octanol–water partition coefficient (Wildman–Crippen LogP) is -2.77. The third-order valence-electron chi connectivity index (χ3n) is 2.95. The Morgan fingerprint density at radius 2 is 2.14 bits per heavy atom. The highest BCUT2D eigenvalue weighted by molar-refractivity contribution is 7.46. The lowest BCUT2D eigenvalue weighted by molar-refractivity contribution is -0.0456. The van der Waals surface area contributed by atoms with Gasteiger partial charge in [-0.15, -0.1) is 0 Å². The van der Waals surface area contributed by atoms with E-state index in [0.29, 0.717) is 0 Å². The number of aromatic nitrogens is 2. The van der Waals surface area contributed by atoms with Crippen LogP contribution in [0.4, 0.5) is 0 Å². The fourth-order valence-corrected chi connectivity index (χ4v) is 2.30. The number of hydrogen-bond donors (Lipinski definition) is 5. The summed E-state index contributed by atoms with van der Waals surface area (Å²) in [7, 11) is -4.72. The SMILES string of the molecule is NC1[C@H](n2ccc(=O)[nH]c2=O)O[C@H](COP(=O)(O)O)[C@H]1O. The Morgan fingerprint density at radius 1 is 1.48 bits per heavy atom. The van der Waals surface area contributed by atoms with Crippen molar-refractivity contribution in [3.8, 4) is 0 Å². The Hall–Kier alpha value is -1.33. The van der Waals surface area contributed by atoms with Crippen molar-refractivity contribution in [2.75, 3.05) is 6.61 Å². The van der Waals surface area contributed by atoms with E-state index in [1.807, 2.05) is 4.98 Å². The van der Waals surface area contributed by atoms with Crippen molar-refractivity contribution in [2.24, 2.45) is 5.73 Å². The number of phosphoric acid groups is 1. The molecular weight excluding hydrogens is 309 g/mol. The molecule has 2 heterocycles. The highest BCUT2D eigenvalue weighted by atomic mass is 31.2. The zero-order valence-electron chi connectivity index (χ0n) is 10.5. The molecule has 0 amide bonds. The number of H-pyrrole nitrogens is 1. The summed E-state index contributed by atoms with van der Waals surface area (Å²) in [6, 6.07) is 0.0301. The average molecular weight is 323 g/mol. The van der Waals surface area contributed by atoms with Gasteiger partial charge in [0, 0.05) is 12.3 Å². The molecule has 1 aliphatic rings. The number of nitrogens with one attached hydrogen (secondary N) is 1. The number of nitrogens with two attached hydrogens (primary N) is 1. The Bertz CT molecular complexity index is 665. The summed E-state index contributed by atoms with van der Waals surface area (Å²) in [6.45, 7) is -0.603. The van der Waals surface area contributed by atoms with Gasteiger partial charge in [0.2, 0.25) is 0 Å². The van der Waals surface area contributed by atoms with Gasteiger partial charge in [0.15, 0.2) is 6.23 Å². The molecule has 1 aromatic rings. The second kappa shape index (κ2) is 5.81. The van der Waals surface area contributed by atoms with Gasteiger partial charge in [-0.2, -0.15) is 0 Å². The normalized spacial score (nSPS) is 29.7. The maximum atomic E-state index is 11.6. The Balaban J connectivity index is 2.18. The number of ether oxygens (including phenoxy) is 1. The molecule has 1 fully saturated rings. The molecule has 11 nitrogen and oxygen atoms in total. The van der Waals surface area contributed by atoms with Crippen LogP contribution in [0.1, 0.15) is 6.23 Å². The van der Waals surface area contributed by atoms with Crippen LogP contribution in [0.15, 0.2) is 21.9 Å². The third-order valence-corrected chi connectivity index (χ3v) is 3.44. The first-order valence-corrected chi connectivity index (χ1v) is 7.33. The van der Waals surface area contributed by atoms with E-state index in [1.54, 1.807) is 0 Å². The summed E-state index contributed by atoms with van der Waals surface area (Å²) in [4.78, 5) is 41.8. The molecule has 1 unspecified atom stereocenters. The molecule has 0 spiro atoms. The number of aliphatic hydroxyl groups excluding tert-OH is 1. The first-order valence-electron chi connectivity index (χ1n) is 5.80. The molecule has 0 radical (unpaired) electrons. The van der Waals surface area contributed by atoms with Gasteiger partial charge < -0.3 is 25.4 Å². The zero-order chi connectivity index (χ0) is 15.8.